The van der Waals surface area contributed by atoms with E-state index >= 15 is 0 Å². The Morgan fingerprint density at radius 3 is 2.52 bits per heavy atom. The lowest BCUT2D eigenvalue weighted by molar-refractivity contribution is -0.384. The van der Waals surface area contributed by atoms with Gasteiger partial charge in [-0.1, -0.05) is 6.92 Å². The maximum atomic E-state index is 13.7. The molecule has 0 radical (unpaired) electrons. The van der Waals surface area contributed by atoms with Crippen LogP contribution in [0.25, 0.3) is 0 Å². The monoisotopic (exact) mass is 407 g/mol. The second-order valence-corrected chi connectivity index (χ2v) is 8.85. The first-order valence-corrected chi connectivity index (χ1v) is 10.9. The van der Waals surface area contributed by atoms with Crippen molar-refractivity contribution in [1.29, 1.82) is 0 Å². The van der Waals surface area contributed by atoms with E-state index in [2.05, 4.69) is 24.1 Å². The van der Waals surface area contributed by atoms with Crippen molar-refractivity contribution >= 4 is 11.4 Å². The van der Waals surface area contributed by atoms with Crippen molar-refractivity contribution < 1.29 is 14.1 Å². The Morgan fingerprint density at radius 2 is 1.93 bits per heavy atom. The first-order valence-electron chi connectivity index (χ1n) is 10.9. The van der Waals surface area contributed by atoms with Gasteiger partial charge in [0, 0.05) is 31.3 Å². The van der Waals surface area contributed by atoms with E-state index in [9.17, 15) is 14.5 Å². The van der Waals surface area contributed by atoms with Gasteiger partial charge >= 0.3 is 0 Å². The maximum absolute atomic E-state index is 13.7. The Morgan fingerprint density at radius 1 is 1.28 bits per heavy atom. The summed E-state index contributed by atoms with van der Waals surface area (Å²) in [5.74, 6) is -0.538. The number of nitro benzene ring substituents is 1. The predicted molar refractivity (Wildman–Crippen MR) is 113 cm³/mol. The van der Waals surface area contributed by atoms with Gasteiger partial charge in [0.2, 0.25) is 0 Å². The Labute approximate surface area is 173 Å². The number of nitro groups is 1. The van der Waals surface area contributed by atoms with Crippen LogP contribution in [-0.2, 0) is 4.74 Å². The first-order chi connectivity index (χ1) is 13.8. The summed E-state index contributed by atoms with van der Waals surface area (Å²) in [4.78, 5) is 13.4. The van der Waals surface area contributed by atoms with Crippen LogP contribution in [0.5, 0.6) is 0 Å². The number of nitrogens with zero attached hydrogens (tertiary/aromatic N) is 2. The molecule has 0 spiro atoms. The SMILES string of the molecule is CCCO[C@H]1CC[C@](C)(N2CCC(Nc3cc(C)c(F)cc3[N+](=O)[O-])CC2)CC1. The van der Waals surface area contributed by atoms with Crippen LogP contribution in [0.1, 0.15) is 64.4 Å². The molecule has 1 saturated carbocycles. The number of piperidine rings is 1. The smallest absolute Gasteiger partial charge is 0.295 e. The van der Waals surface area contributed by atoms with Gasteiger partial charge < -0.3 is 10.1 Å². The predicted octanol–water partition coefficient (Wildman–Crippen LogP) is 5.05. The molecule has 0 bridgehead atoms. The third-order valence-electron chi connectivity index (χ3n) is 6.66. The Balaban J connectivity index is 1.55. The highest BCUT2D eigenvalue weighted by Gasteiger charge is 2.38. The molecule has 2 aliphatic rings. The molecule has 2 fully saturated rings. The number of ether oxygens (including phenoxy) is 1. The Bertz CT molecular complexity index is 711. The molecule has 29 heavy (non-hydrogen) atoms. The average molecular weight is 408 g/mol. The Kier molecular flexibility index (Phi) is 7.11. The summed E-state index contributed by atoms with van der Waals surface area (Å²) in [5.41, 5.74) is 0.875. The first kappa shape index (κ1) is 22.0. The van der Waals surface area contributed by atoms with Gasteiger partial charge in [-0.05, 0) is 70.4 Å². The summed E-state index contributed by atoms with van der Waals surface area (Å²) in [6.45, 7) is 8.95. The zero-order valence-electron chi connectivity index (χ0n) is 17.9. The molecule has 1 N–H and O–H groups in total. The van der Waals surface area contributed by atoms with Gasteiger partial charge in [-0.25, -0.2) is 4.39 Å². The summed E-state index contributed by atoms with van der Waals surface area (Å²) in [6, 6.07) is 2.74. The average Bonchev–Trinajstić information content (AvgIpc) is 2.70. The Hall–Kier alpha value is -1.73. The maximum Gasteiger partial charge on any atom is 0.295 e. The topological polar surface area (TPSA) is 67.6 Å². The number of likely N-dealkylation sites (tertiary alicyclic amines) is 1. The molecular weight excluding hydrogens is 373 g/mol. The van der Waals surface area contributed by atoms with Crippen LogP contribution >= 0.6 is 0 Å². The minimum Gasteiger partial charge on any atom is -0.378 e. The lowest BCUT2D eigenvalue weighted by Gasteiger charge is -2.48. The molecule has 0 aromatic heterocycles. The van der Waals surface area contributed by atoms with Gasteiger partial charge in [0.25, 0.3) is 5.69 Å². The number of nitrogens with one attached hydrogen (secondary N) is 1. The lowest BCUT2D eigenvalue weighted by Crippen LogP contribution is -2.53. The molecule has 162 valence electrons. The van der Waals surface area contributed by atoms with Gasteiger partial charge in [0.1, 0.15) is 11.5 Å². The quantitative estimate of drug-likeness (QED) is 0.506. The van der Waals surface area contributed by atoms with Crippen molar-refractivity contribution in [2.24, 2.45) is 0 Å². The molecule has 1 aromatic rings. The molecule has 1 aliphatic heterocycles. The van der Waals surface area contributed by atoms with Crippen molar-refractivity contribution in [2.45, 2.75) is 83.4 Å². The van der Waals surface area contributed by atoms with Crippen LogP contribution in [0.2, 0.25) is 0 Å². The standard InChI is InChI=1S/C22H34FN3O3/c1-4-13-29-18-5-9-22(3,10-6-18)25-11-7-17(8-12-25)24-20-14-16(2)19(23)15-21(20)26(27)28/h14-15,17-18,24H,4-13H2,1-3H3/t18-,22-. The second-order valence-electron chi connectivity index (χ2n) is 8.85. The van der Waals surface area contributed by atoms with E-state index in [-0.39, 0.29) is 17.3 Å². The molecule has 0 unspecified atom stereocenters. The van der Waals surface area contributed by atoms with Crippen molar-refractivity contribution in [1.82, 2.24) is 4.90 Å². The third-order valence-corrected chi connectivity index (χ3v) is 6.66. The van der Waals surface area contributed by atoms with E-state index in [0.29, 0.717) is 17.4 Å². The molecule has 1 saturated heterocycles. The van der Waals surface area contributed by atoms with Crippen molar-refractivity contribution in [2.75, 3.05) is 25.0 Å². The summed E-state index contributed by atoms with van der Waals surface area (Å²) >= 11 is 0. The fraction of sp³-hybridized carbons (Fsp3) is 0.727. The largest absolute Gasteiger partial charge is 0.378 e. The normalized spacial score (nSPS) is 26.4. The summed E-state index contributed by atoms with van der Waals surface area (Å²) in [7, 11) is 0. The van der Waals surface area contributed by atoms with Crippen molar-refractivity contribution in [3.05, 3.63) is 33.6 Å². The molecule has 0 atom stereocenters. The molecule has 7 heteroatoms. The number of hydrogen-bond acceptors (Lipinski definition) is 5. The number of benzene rings is 1. The number of anilines is 1. The highest BCUT2D eigenvalue weighted by molar-refractivity contribution is 5.63. The highest BCUT2D eigenvalue weighted by atomic mass is 19.1. The molecule has 6 nitrogen and oxygen atoms in total. The summed E-state index contributed by atoms with van der Waals surface area (Å²) in [5, 5.41) is 14.6. The summed E-state index contributed by atoms with van der Waals surface area (Å²) < 4.78 is 19.7. The summed E-state index contributed by atoms with van der Waals surface area (Å²) in [6.07, 6.45) is 7.89. The van der Waals surface area contributed by atoms with Crippen LogP contribution in [0, 0.1) is 22.9 Å². The van der Waals surface area contributed by atoms with E-state index in [1.165, 1.54) is 0 Å². The number of hydrogen-bond donors (Lipinski definition) is 1. The van der Waals surface area contributed by atoms with Crippen LogP contribution < -0.4 is 5.32 Å². The van der Waals surface area contributed by atoms with Gasteiger partial charge in [0.05, 0.1) is 17.1 Å². The van der Waals surface area contributed by atoms with Crippen molar-refractivity contribution in [3.63, 3.8) is 0 Å². The van der Waals surface area contributed by atoms with Crippen molar-refractivity contribution in [3.8, 4) is 0 Å². The van der Waals surface area contributed by atoms with Gasteiger partial charge in [-0.3, -0.25) is 15.0 Å². The molecule has 1 heterocycles. The fourth-order valence-electron chi connectivity index (χ4n) is 4.70. The van der Waals surface area contributed by atoms with Gasteiger partial charge in [0.15, 0.2) is 0 Å². The molecular formula is C22H34FN3O3. The van der Waals surface area contributed by atoms with E-state index in [1.807, 2.05) is 0 Å². The minimum atomic E-state index is -0.538. The number of aryl methyl sites for hydroxylation is 1. The second kappa shape index (κ2) is 9.39. The van der Waals surface area contributed by atoms with Crippen LogP contribution in [-0.4, -0.2) is 47.2 Å². The van der Waals surface area contributed by atoms with E-state index in [0.717, 1.165) is 70.7 Å². The molecule has 0 amide bonds. The van der Waals surface area contributed by atoms with Crippen LogP contribution in [0.4, 0.5) is 15.8 Å². The van der Waals surface area contributed by atoms with E-state index in [1.54, 1.807) is 13.0 Å². The fourth-order valence-corrected chi connectivity index (χ4v) is 4.70. The van der Waals surface area contributed by atoms with Gasteiger partial charge in [-0.2, -0.15) is 0 Å². The third kappa shape index (κ3) is 5.25. The molecule has 1 aromatic carbocycles. The zero-order chi connectivity index (χ0) is 21.0. The number of rotatable bonds is 7. The number of halogens is 1. The lowest BCUT2D eigenvalue weighted by atomic mass is 9.79. The van der Waals surface area contributed by atoms with E-state index in [4.69, 9.17) is 4.74 Å². The highest BCUT2D eigenvalue weighted by Crippen LogP contribution is 2.37. The van der Waals surface area contributed by atoms with Crippen LogP contribution in [0.3, 0.4) is 0 Å². The zero-order valence-corrected chi connectivity index (χ0v) is 17.9. The van der Waals surface area contributed by atoms with Gasteiger partial charge in [-0.15, -0.1) is 0 Å². The molecule has 1 aliphatic carbocycles. The molecule has 3 rings (SSSR count). The van der Waals surface area contributed by atoms with Crippen LogP contribution in [0.15, 0.2) is 12.1 Å². The minimum absolute atomic E-state index is 0.169. The van der Waals surface area contributed by atoms with E-state index < -0.39 is 10.7 Å².